The van der Waals surface area contributed by atoms with E-state index in [2.05, 4.69) is 45.5 Å². The predicted octanol–water partition coefficient (Wildman–Crippen LogP) is 2.45. The zero-order valence-electron chi connectivity index (χ0n) is 16.6. The number of piperidine rings is 1. The fourth-order valence-electron chi connectivity index (χ4n) is 3.76. The summed E-state index contributed by atoms with van der Waals surface area (Å²) in [5, 5.41) is 7.00. The van der Waals surface area contributed by atoms with E-state index in [4.69, 9.17) is 4.42 Å². The van der Waals surface area contributed by atoms with E-state index < -0.39 is 0 Å². The van der Waals surface area contributed by atoms with E-state index in [1.54, 1.807) is 6.26 Å². The van der Waals surface area contributed by atoms with Crippen LogP contribution in [0.2, 0.25) is 0 Å². The lowest BCUT2D eigenvalue weighted by molar-refractivity contribution is 0.146. The van der Waals surface area contributed by atoms with Gasteiger partial charge in [-0.2, -0.15) is 0 Å². The fraction of sp³-hybridized carbons (Fsp3) is 0.750. The van der Waals surface area contributed by atoms with Gasteiger partial charge in [-0.15, -0.1) is 0 Å². The smallest absolute Gasteiger partial charge is 0.191 e. The minimum Gasteiger partial charge on any atom is -0.468 e. The standard InChI is InChI=1S/C20H35N5O/c1-16(24(3)17-9-10-17)14-22-20(21-2)23-15-18(19-8-7-13-26-19)25-11-5-4-6-12-25/h7-8,13,16-18H,4-6,9-12,14-15H2,1-3H3,(H2,21,22,23). The average molecular weight is 362 g/mol. The molecule has 1 aromatic rings. The van der Waals surface area contributed by atoms with E-state index in [0.717, 1.165) is 43.9 Å². The third-order valence-corrected chi connectivity index (χ3v) is 5.77. The Labute approximate surface area is 158 Å². The Balaban J connectivity index is 1.51. The molecule has 6 nitrogen and oxygen atoms in total. The maximum Gasteiger partial charge on any atom is 0.191 e. The second-order valence-corrected chi connectivity index (χ2v) is 7.71. The normalized spacial score (nSPS) is 21.6. The molecule has 2 fully saturated rings. The fourth-order valence-corrected chi connectivity index (χ4v) is 3.76. The van der Waals surface area contributed by atoms with Crippen LogP contribution in [0.4, 0.5) is 0 Å². The molecule has 1 saturated heterocycles. The molecule has 0 spiro atoms. The molecule has 6 heteroatoms. The Morgan fingerprint density at radius 3 is 2.62 bits per heavy atom. The lowest BCUT2D eigenvalue weighted by Crippen LogP contribution is -2.48. The summed E-state index contributed by atoms with van der Waals surface area (Å²) in [6.45, 7) is 6.27. The van der Waals surface area contributed by atoms with Crippen molar-refractivity contribution in [2.45, 2.75) is 57.2 Å². The third kappa shape index (κ3) is 5.24. The van der Waals surface area contributed by atoms with Crippen molar-refractivity contribution in [3.8, 4) is 0 Å². The predicted molar refractivity (Wildman–Crippen MR) is 106 cm³/mol. The number of guanidine groups is 1. The maximum absolute atomic E-state index is 5.73. The van der Waals surface area contributed by atoms with Gasteiger partial charge in [0.15, 0.2) is 5.96 Å². The van der Waals surface area contributed by atoms with Gasteiger partial charge in [0.25, 0.3) is 0 Å². The van der Waals surface area contributed by atoms with Crippen LogP contribution < -0.4 is 10.6 Å². The van der Waals surface area contributed by atoms with Crippen molar-refractivity contribution >= 4 is 5.96 Å². The van der Waals surface area contributed by atoms with Crippen molar-refractivity contribution in [1.29, 1.82) is 0 Å². The quantitative estimate of drug-likeness (QED) is 0.550. The number of nitrogens with one attached hydrogen (secondary N) is 2. The minimum atomic E-state index is 0.260. The van der Waals surface area contributed by atoms with Crippen molar-refractivity contribution < 1.29 is 4.42 Å². The van der Waals surface area contributed by atoms with Gasteiger partial charge in [-0.05, 0) is 64.9 Å². The first-order valence-electron chi connectivity index (χ1n) is 10.1. The second kappa shape index (κ2) is 9.42. The highest BCUT2D eigenvalue weighted by atomic mass is 16.3. The Kier molecular flexibility index (Phi) is 6.97. The number of nitrogens with zero attached hydrogens (tertiary/aromatic N) is 3. The summed E-state index contributed by atoms with van der Waals surface area (Å²) >= 11 is 0. The number of rotatable bonds is 8. The van der Waals surface area contributed by atoms with E-state index >= 15 is 0 Å². The summed E-state index contributed by atoms with van der Waals surface area (Å²) in [5.41, 5.74) is 0. The number of likely N-dealkylation sites (N-methyl/N-ethyl adjacent to an activating group) is 1. The zero-order chi connectivity index (χ0) is 18.4. The largest absolute Gasteiger partial charge is 0.468 e. The summed E-state index contributed by atoms with van der Waals surface area (Å²) in [6.07, 6.45) is 8.34. The van der Waals surface area contributed by atoms with Gasteiger partial charge in [0.2, 0.25) is 0 Å². The molecule has 0 bridgehead atoms. The van der Waals surface area contributed by atoms with Crippen LogP contribution in [0.15, 0.2) is 27.8 Å². The highest BCUT2D eigenvalue weighted by molar-refractivity contribution is 5.79. The van der Waals surface area contributed by atoms with Crippen LogP contribution in [-0.2, 0) is 0 Å². The molecule has 2 N–H and O–H groups in total. The average Bonchev–Trinajstić information content (AvgIpc) is 3.39. The van der Waals surface area contributed by atoms with Crippen LogP contribution in [0.1, 0.15) is 50.8 Å². The first-order chi connectivity index (χ1) is 12.7. The van der Waals surface area contributed by atoms with E-state index in [1.807, 2.05) is 13.1 Å². The molecule has 1 aliphatic carbocycles. The van der Waals surface area contributed by atoms with Crippen molar-refractivity contribution in [2.24, 2.45) is 4.99 Å². The number of likely N-dealkylation sites (tertiary alicyclic amines) is 1. The second-order valence-electron chi connectivity index (χ2n) is 7.71. The summed E-state index contributed by atoms with van der Waals surface area (Å²) in [5.74, 6) is 1.91. The van der Waals surface area contributed by atoms with E-state index in [0.29, 0.717) is 6.04 Å². The maximum atomic E-state index is 5.73. The van der Waals surface area contributed by atoms with Crippen molar-refractivity contribution in [1.82, 2.24) is 20.4 Å². The van der Waals surface area contributed by atoms with Crippen LogP contribution in [0, 0.1) is 0 Å². The topological polar surface area (TPSA) is 56.0 Å². The molecular weight excluding hydrogens is 326 g/mol. The molecule has 2 atom stereocenters. The number of furan rings is 1. The molecule has 1 saturated carbocycles. The van der Waals surface area contributed by atoms with Crippen LogP contribution in [0.25, 0.3) is 0 Å². The van der Waals surface area contributed by atoms with Crippen LogP contribution in [0.5, 0.6) is 0 Å². The van der Waals surface area contributed by atoms with Crippen molar-refractivity contribution in [3.05, 3.63) is 24.2 Å². The zero-order valence-corrected chi connectivity index (χ0v) is 16.6. The van der Waals surface area contributed by atoms with Gasteiger partial charge in [0.05, 0.1) is 12.3 Å². The molecule has 0 amide bonds. The van der Waals surface area contributed by atoms with Crippen LogP contribution in [0.3, 0.4) is 0 Å². The molecular formula is C20H35N5O. The van der Waals surface area contributed by atoms with E-state index in [9.17, 15) is 0 Å². The Morgan fingerprint density at radius 1 is 1.27 bits per heavy atom. The molecule has 2 heterocycles. The van der Waals surface area contributed by atoms with Gasteiger partial charge < -0.3 is 15.1 Å². The molecule has 3 rings (SSSR count). The van der Waals surface area contributed by atoms with Gasteiger partial charge in [-0.25, -0.2) is 0 Å². The van der Waals surface area contributed by atoms with Gasteiger partial charge in [0, 0.05) is 32.2 Å². The minimum absolute atomic E-state index is 0.260. The Morgan fingerprint density at radius 2 is 2.00 bits per heavy atom. The van der Waals surface area contributed by atoms with Gasteiger partial charge in [-0.3, -0.25) is 14.8 Å². The lowest BCUT2D eigenvalue weighted by atomic mass is 10.1. The Hall–Kier alpha value is -1.53. The van der Waals surface area contributed by atoms with Crippen LogP contribution in [-0.4, -0.2) is 68.1 Å². The highest BCUT2D eigenvalue weighted by Crippen LogP contribution is 2.27. The first-order valence-corrected chi connectivity index (χ1v) is 10.1. The summed E-state index contributed by atoms with van der Waals surface area (Å²) in [7, 11) is 4.07. The summed E-state index contributed by atoms with van der Waals surface area (Å²) in [6, 6.07) is 5.61. The molecule has 146 valence electrons. The van der Waals surface area contributed by atoms with Gasteiger partial charge in [-0.1, -0.05) is 6.42 Å². The highest BCUT2D eigenvalue weighted by Gasteiger charge is 2.29. The van der Waals surface area contributed by atoms with Crippen molar-refractivity contribution in [2.75, 3.05) is 40.3 Å². The summed E-state index contributed by atoms with van der Waals surface area (Å²) in [4.78, 5) is 9.41. The number of hydrogen-bond donors (Lipinski definition) is 2. The molecule has 1 aliphatic heterocycles. The van der Waals surface area contributed by atoms with Gasteiger partial charge in [0.1, 0.15) is 5.76 Å². The first kappa shape index (κ1) is 19.2. The van der Waals surface area contributed by atoms with Crippen molar-refractivity contribution in [3.63, 3.8) is 0 Å². The van der Waals surface area contributed by atoms with E-state index in [-0.39, 0.29) is 6.04 Å². The number of aliphatic imine (C=N–C) groups is 1. The molecule has 0 radical (unpaired) electrons. The Bertz CT molecular complexity index is 549. The molecule has 0 aromatic carbocycles. The lowest BCUT2D eigenvalue weighted by Gasteiger charge is -2.34. The molecule has 2 aliphatic rings. The summed E-state index contributed by atoms with van der Waals surface area (Å²) < 4.78 is 5.73. The SMILES string of the molecule is CN=C(NCC(c1ccco1)N1CCCCC1)NCC(C)N(C)C1CC1. The van der Waals surface area contributed by atoms with E-state index in [1.165, 1.54) is 32.1 Å². The van der Waals surface area contributed by atoms with Gasteiger partial charge >= 0.3 is 0 Å². The van der Waals surface area contributed by atoms with Crippen LogP contribution >= 0.6 is 0 Å². The molecule has 26 heavy (non-hydrogen) atoms. The third-order valence-electron chi connectivity index (χ3n) is 5.77. The molecule has 1 aromatic heterocycles. The molecule has 2 unspecified atom stereocenters. The monoisotopic (exact) mass is 361 g/mol. The number of hydrogen-bond acceptors (Lipinski definition) is 4.